The molecule has 2 aliphatic heterocycles. The molecule has 1 amide bonds. The van der Waals surface area contributed by atoms with E-state index in [1.165, 1.54) is 4.90 Å². The quantitative estimate of drug-likeness (QED) is 0.189. The molecule has 0 spiro atoms. The van der Waals surface area contributed by atoms with Crippen molar-refractivity contribution >= 4 is 29.6 Å². The van der Waals surface area contributed by atoms with Gasteiger partial charge in [0.25, 0.3) is 0 Å². The molecular weight excluding hydrogens is 418 g/mol. The van der Waals surface area contributed by atoms with Gasteiger partial charge in [0.1, 0.15) is 5.70 Å². The Balaban J connectivity index is 1.29. The highest BCUT2D eigenvalue weighted by Crippen LogP contribution is 2.53. The van der Waals surface area contributed by atoms with Gasteiger partial charge < -0.3 is 31.5 Å². The van der Waals surface area contributed by atoms with Crippen LogP contribution in [0.4, 0.5) is 0 Å². The predicted molar refractivity (Wildman–Crippen MR) is 118 cm³/mol. The van der Waals surface area contributed by atoms with E-state index >= 15 is 0 Å². The van der Waals surface area contributed by atoms with Crippen molar-refractivity contribution in [3.05, 3.63) is 10.6 Å². The molecule has 31 heavy (non-hydrogen) atoms. The van der Waals surface area contributed by atoms with Crippen molar-refractivity contribution in [3.8, 4) is 0 Å². The summed E-state index contributed by atoms with van der Waals surface area (Å²) < 4.78 is 0. The van der Waals surface area contributed by atoms with Gasteiger partial charge in [-0.2, -0.15) is 0 Å². The molecular formula is C21H33N5O4S. The van der Waals surface area contributed by atoms with Gasteiger partial charge in [0.15, 0.2) is 5.96 Å². The molecule has 0 aromatic carbocycles. The average Bonchev–Trinajstić information content (AvgIpc) is 2.89. The summed E-state index contributed by atoms with van der Waals surface area (Å²) in [5.41, 5.74) is 5.54. The zero-order valence-corrected chi connectivity index (χ0v) is 18.8. The Morgan fingerprint density at radius 3 is 2.39 bits per heavy atom. The number of β-lactam (4-membered cyclic amide) rings is 1. The first-order valence-corrected chi connectivity index (χ1v) is 12.1. The number of carbonyl (C=O) groups is 2. The van der Waals surface area contributed by atoms with Crippen LogP contribution >= 0.6 is 11.8 Å². The number of hydrogen-bond acceptors (Lipinski definition) is 6. The highest BCUT2D eigenvalue weighted by atomic mass is 32.2. The fourth-order valence-corrected chi connectivity index (χ4v) is 7.28. The number of guanidine groups is 1. The Bertz CT molecular complexity index is 789. The van der Waals surface area contributed by atoms with E-state index in [-0.39, 0.29) is 29.5 Å². The number of fused-ring (bicyclic) bond motifs is 1. The first-order valence-electron chi connectivity index (χ1n) is 11.2. The van der Waals surface area contributed by atoms with Crippen LogP contribution in [0.15, 0.2) is 10.6 Å². The van der Waals surface area contributed by atoms with Gasteiger partial charge in [-0.05, 0) is 45.4 Å². The number of carbonyl (C=O) groups excluding carboxylic acids is 1. The van der Waals surface area contributed by atoms with Gasteiger partial charge in [0, 0.05) is 34.2 Å². The zero-order valence-electron chi connectivity index (χ0n) is 18.0. The van der Waals surface area contributed by atoms with E-state index < -0.39 is 18.0 Å². The van der Waals surface area contributed by atoms with Crippen molar-refractivity contribution in [1.82, 2.24) is 15.5 Å². The molecule has 2 aliphatic carbocycles. The van der Waals surface area contributed by atoms with E-state index in [2.05, 4.69) is 10.6 Å². The Morgan fingerprint density at radius 2 is 1.84 bits per heavy atom. The second-order valence-corrected chi connectivity index (χ2v) is 10.8. The van der Waals surface area contributed by atoms with Gasteiger partial charge >= 0.3 is 5.97 Å². The summed E-state index contributed by atoms with van der Waals surface area (Å²) in [4.78, 5) is 26.5. The summed E-state index contributed by atoms with van der Waals surface area (Å²) in [5, 5.41) is 34.1. The molecule has 0 radical (unpaired) electrons. The Labute approximate surface area is 186 Å². The van der Waals surface area contributed by atoms with Crippen molar-refractivity contribution in [2.24, 2.45) is 17.6 Å². The molecule has 9 nitrogen and oxygen atoms in total. The Kier molecular flexibility index (Phi) is 6.24. The summed E-state index contributed by atoms with van der Waals surface area (Å²) >= 11 is 1.61. The molecule has 0 unspecified atom stereocenters. The Morgan fingerprint density at radius 1 is 1.23 bits per heavy atom. The summed E-state index contributed by atoms with van der Waals surface area (Å²) in [5.74, 6) is -1.87. The summed E-state index contributed by atoms with van der Waals surface area (Å²) in [6.07, 6.45) is 5.33. The third kappa shape index (κ3) is 4.17. The number of carboxylic acid groups (broad SMARTS) is 1. The largest absolute Gasteiger partial charge is 0.477 e. The van der Waals surface area contributed by atoms with Gasteiger partial charge in [-0.1, -0.05) is 6.92 Å². The van der Waals surface area contributed by atoms with Gasteiger partial charge in [-0.25, -0.2) is 4.79 Å². The Hall–Kier alpha value is -1.78. The molecule has 3 fully saturated rings. The molecule has 7 N–H and O–H groups in total. The van der Waals surface area contributed by atoms with Crippen LogP contribution in [0.1, 0.15) is 52.4 Å². The minimum Gasteiger partial charge on any atom is -0.477 e. The molecule has 4 rings (SSSR count). The lowest BCUT2D eigenvalue weighted by atomic mass is 9.79. The van der Waals surface area contributed by atoms with Gasteiger partial charge in [-0.3, -0.25) is 10.2 Å². The first-order chi connectivity index (χ1) is 14.7. The number of rotatable bonds is 7. The average molecular weight is 452 g/mol. The van der Waals surface area contributed by atoms with Crippen LogP contribution in [0.2, 0.25) is 0 Å². The maximum Gasteiger partial charge on any atom is 0.353 e. The zero-order chi connectivity index (χ0) is 22.4. The van der Waals surface area contributed by atoms with Crippen molar-refractivity contribution in [2.45, 2.75) is 87.9 Å². The summed E-state index contributed by atoms with van der Waals surface area (Å²) in [7, 11) is 0. The number of amides is 1. The number of thioether (sulfide) groups is 1. The minimum atomic E-state index is -1.06. The van der Waals surface area contributed by atoms with Crippen molar-refractivity contribution < 1.29 is 19.8 Å². The summed E-state index contributed by atoms with van der Waals surface area (Å²) in [6, 6.07) is 0.971. The van der Waals surface area contributed by atoms with E-state index in [0.717, 1.165) is 43.4 Å². The van der Waals surface area contributed by atoms with Crippen LogP contribution in [0.25, 0.3) is 0 Å². The van der Waals surface area contributed by atoms with Gasteiger partial charge in [0.2, 0.25) is 5.91 Å². The van der Waals surface area contributed by atoms with Gasteiger partial charge in [-0.15, -0.1) is 11.8 Å². The second kappa shape index (κ2) is 8.63. The minimum absolute atomic E-state index is 0.0395. The monoisotopic (exact) mass is 451 g/mol. The first kappa shape index (κ1) is 22.4. The molecule has 4 aliphatic rings. The van der Waals surface area contributed by atoms with Crippen LogP contribution in [-0.2, 0) is 9.59 Å². The van der Waals surface area contributed by atoms with Gasteiger partial charge in [0.05, 0.1) is 18.1 Å². The fraction of sp³-hybridized carbons (Fsp3) is 0.762. The highest BCUT2D eigenvalue weighted by Gasteiger charge is 2.60. The predicted octanol–water partition coefficient (Wildman–Crippen LogP) is 0.788. The highest BCUT2D eigenvalue weighted by molar-refractivity contribution is 8.03. The van der Waals surface area contributed by atoms with Crippen molar-refractivity contribution in [3.63, 3.8) is 0 Å². The standard InChI is InChI=1S/C21H33N5O4S/c1-9-16-15(10(2)27)19(28)26(16)17(20(29)30)18(9)31-14-7-13(8-14)24-11-3-5-12(6-4-11)25-21(22)23/h9-16,24,27H,3-8H2,1-2H3,(H,29,30)(H4,22,23,25)/t9-,10-,11-,12-,13-,14-,15-,16-/m1/s1. The normalized spacial score (nSPS) is 38.2. The third-order valence-corrected chi connectivity index (χ3v) is 8.80. The topological polar surface area (TPSA) is 152 Å². The number of nitrogens with zero attached hydrogens (tertiary/aromatic N) is 1. The van der Waals surface area contributed by atoms with Crippen LogP contribution in [0.3, 0.4) is 0 Å². The maximum absolute atomic E-state index is 12.4. The van der Waals surface area contributed by atoms with Crippen molar-refractivity contribution in [1.29, 1.82) is 5.41 Å². The number of hydrogen-bond donors (Lipinski definition) is 6. The number of aliphatic hydroxyl groups excluding tert-OH is 1. The molecule has 0 bridgehead atoms. The molecule has 172 valence electrons. The smallest absolute Gasteiger partial charge is 0.353 e. The van der Waals surface area contributed by atoms with Crippen LogP contribution in [0.5, 0.6) is 0 Å². The number of aliphatic hydroxyl groups is 1. The van der Waals surface area contributed by atoms with Crippen LogP contribution in [-0.4, -0.2) is 68.5 Å². The molecule has 0 aromatic rings. The maximum atomic E-state index is 12.4. The van der Waals surface area contributed by atoms with E-state index in [0.29, 0.717) is 23.4 Å². The lowest BCUT2D eigenvalue weighted by Gasteiger charge is -2.46. The van der Waals surface area contributed by atoms with E-state index in [1.54, 1.807) is 18.7 Å². The van der Waals surface area contributed by atoms with Crippen LogP contribution in [0, 0.1) is 17.2 Å². The number of carboxylic acids is 1. The second-order valence-electron chi connectivity index (χ2n) is 9.45. The SMILES string of the molecule is C[C@@H](O)[C@H]1C(=O)N2C(C(=O)O)=C(S[C@H]3C[C@H](N[C@H]4CC[C@H](NC(=N)N)CC4)C3)[C@H](C)[C@H]12. The number of nitrogens with one attached hydrogen (secondary N) is 3. The van der Waals surface area contributed by atoms with Crippen LogP contribution < -0.4 is 16.4 Å². The van der Waals surface area contributed by atoms with Crippen molar-refractivity contribution in [2.75, 3.05) is 0 Å². The lowest BCUT2D eigenvalue weighted by Crippen LogP contribution is -2.63. The molecule has 1 saturated heterocycles. The molecule has 2 saturated carbocycles. The van der Waals surface area contributed by atoms with E-state index in [1.807, 2.05) is 6.92 Å². The number of aliphatic carboxylic acids is 1. The molecule has 2 heterocycles. The third-order valence-electron chi connectivity index (χ3n) is 7.26. The fourth-order valence-electron chi connectivity index (χ4n) is 5.61. The molecule has 4 atom stereocenters. The molecule has 0 aromatic heterocycles. The van der Waals surface area contributed by atoms with E-state index in [4.69, 9.17) is 11.1 Å². The van der Waals surface area contributed by atoms with E-state index in [9.17, 15) is 19.8 Å². The number of nitrogens with two attached hydrogens (primary N) is 1. The molecule has 10 heteroatoms. The summed E-state index contributed by atoms with van der Waals surface area (Å²) in [6.45, 7) is 3.57. The lowest BCUT2D eigenvalue weighted by molar-refractivity contribution is -0.163.